The van der Waals surface area contributed by atoms with Gasteiger partial charge < -0.3 is 9.05 Å². The first-order valence-corrected chi connectivity index (χ1v) is 7.57. The number of carbonyl (C=O) groups is 1. The number of hydrogen-bond donors (Lipinski definition) is 0. The van der Waals surface area contributed by atoms with Gasteiger partial charge in [-0.2, -0.15) is 0 Å². The molecule has 0 atom stereocenters. The lowest BCUT2D eigenvalue weighted by Crippen LogP contribution is -2.18. The van der Waals surface area contributed by atoms with Gasteiger partial charge in [0.25, 0.3) is 0 Å². The molecular weight excluding hydrogens is 227 g/mol. The van der Waals surface area contributed by atoms with Crippen molar-refractivity contribution in [2.75, 3.05) is 20.4 Å². The lowest BCUT2D eigenvalue weighted by Gasteiger charge is -2.17. The van der Waals surface area contributed by atoms with E-state index in [4.69, 9.17) is 9.05 Å². The summed E-state index contributed by atoms with van der Waals surface area (Å²) in [6.45, 7) is 0. The molecular formula is C11H21O4P. The van der Waals surface area contributed by atoms with Crippen molar-refractivity contribution in [2.45, 2.75) is 38.5 Å². The first kappa shape index (κ1) is 13.9. The van der Waals surface area contributed by atoms with Gasteiger partial charge in [-0.25, -0.2) is 0 Å². The minimum atomic E-state index is -3.17. The highest BCUT2D eigenvalue weighted by molar-refractivity contribution is 7.54. The van der Waals surface area contributed by atoms with E-state index in [1.165, 1.54) is 27.1 Å². The molecule has 0 aliphatic heterocycles. The highest BCUT2D eigenvalue weighted by Crippen LogP contribution is 2.47. The highest BCUT2D eigenvalue weighted by atomic mass is 31.2. The summed E-state index contributed by atoms with van der Waals surface area (Å²) in [6, 6.07) is 0. The van der Waals surface area contributed by atoms with Gasteiger partial charge in [-0.1, -0.05) is 25.7 Å². The molecule has 1 aliphatic carbocycles. The zero-order valence-corrected chi connectivity index (χ0v) is 11.0. The highest BCUT2D eigenvalue weighted by Gasteiger charge is 2.30. The van der Waals surface area contributed by atoms with E-state index in [-0.39, 0.29) is 17.9 Å². The standard InChI is InChI=1S/C11H21O4P/c1-14-16(13,15-2)9-11(12)10-7-5-3-4-6-8-10/h10H,3-9H2,1-2H3. The van der Waals surface area contributed by atoms with Crippen LogP contribution in [0.1, 0.15) is 38.5 Å². The first-order valence-electron chi connectivity index (χ1n) is 5.84. The molecule has 0 amide bonds. The molecule has 0 heterocycles. The van der Waals surface area contributed by atoms with Gasteiger partial charge >= 0.3 is 7.60 Å². The lowest BCUT2D eigenvalue weighted by atomic mass is 9.96. The minimum Gasteiger partial charge on any atom is -0.312 e. The van der Waals surface area contributed by atoms with Gasteiger partial charge in [0.2, 0.25) is 0 Å². The molecule has 0 bridgehead atoms. The van der Waals surface area contributed by atoms with E-state index in [2.05, 4.69) is 0 Å². The molecule has 4 nitrogen and oxygen atoms in total. The molecule has 16 heavy (non-hydrogen) atoms. The third-order valence-electron chi connectivity index (χ3n) is 3.22. The predicted octanol–water partition coefficient (Wildman–Crippen LogP) is 3.01. The Morgan fingerprint density at radius 3 is 2.06 bits per heavy atom. The topological polar surface area (TPSA) is 52.6 Å². The van der Waals surface area contributed by atoms with Crippen molar-refractivity contribution in [1.29, 1.82) is 0 Å². The fourth-order valence-electron chi connectivity index (χ4n) is 2.12. The van der Waals surface area contributed by atoms with Crippen molar-refractivity contribution in [3.05, 3.63) is 0 Å². The van der Waals surface area contributed by atoms with E-state index in [9.17, 15) is 9.36 Å². The molecule has 0 radical (unpaired) electrons. The van der Waals surface area contributed by atoms with Gasteiger partial charge in [0.15, 0.2) is 0 Å². The molecule has 0 N–H and O–H groups in total. The maximum Gasteiger partial charge on any atom is 0.337 e. The zero-order valence-electron chi connectivity index (χ0n) is 10.1. The number of Topliss-reactive ketones (excluding diaryl/α,β-unsaturated/α-hetero) is 1. The molecule has 0 aromatic rings. The van der Waals surface area contributed by atoms with Crippen molar-refractivity contribution < 1.29 is 18.4 Å². The van der Waals surface area contributed by atoms with Gasteiger partial charge in [0.1, 0.15) is 11.9 Å². The second-order valence-corrected chi connectivity index (χ2v) is 6.56. The predicted molar refractivity (Wildman–Crippen MR) is 62.7 cm³/mol. The van der Waals surface area contributed by atoms with Crippen molar-refractivity contribution in [1.82, 2.24) is 0 Å². The number of hydrogen-bond acceptors (Lipinski definition) is 4. The second kappa shape index (κ2) is 6.53. The fourth-order valence-corrected chi connectivity index (χ4v) is 3.17. The normalized spacial score (nSPS) is 19.4. The minimum absolute atomic E-state index is 0.0360. The quantitative estimate of drug-likeness (QED) is 0.554. The van der Waals surface area contributed by atoms with E-state index in [0.29, 0.717) is 0 Å². The van der Waals surface area contributed by atoms with E-state index in [1.54, 1.807) is 0 Å². The molecule has 94 valence electrons. The Kier molecular flexibility index (Phi) is 5.67. The summed E-state index contributed by atoms with van der Waals surface area (Å²) in [6.07, 6.45) is 6.37. The van der Waals surface area contributed by atoms with Gasteiger partial charge in [-0.3, -0.25) is 9.36 Å². The fraction of sp³-hybridized carbons (Fsp3) is 0.909. The first-order chi connectivity index (χ1) is 7.61. The van der Waals surface area contributed by atoms with Crippen molar-refractivity contribution >= 4 is 13.4 Å². The molecule has 0 saturated heterocycles. The largest absolute Gasteiger partial charge is 0.337 e. The van der Waals surface area contributed by atoms with Gasteiger partial charge in [0, 0.05) is 20.1 Å². The summed E-state index contributed by atoms with van der Waals surface area (Å²) in [5.41, 5.74) is 0. The van der Waals surface area contributed by atoms with Gasteiger partial charge in [-0.15, -0.1) is 0 Å². The van der Waals surface area contributed by atoms with Gasteiger partial charge in [0.05, 0.1) is 0 Å². The molecule has 0 spiro atoms. The van der Waals surface area contributed by atoms with Crippen molar-refractivity contribution in [2.24, 2.45) is 5.92 Å². The van der Waals surface area contributed by atoms with Crippen molar-refractivity contribution in [3.63, 3.8) is 0 Å². The van der Waals surface area contributed by atoms with Crippen LogP contribution in [0.5, 0.6) is 0 Å². The van der Waals surface area contributed by atoms with Crippen LogP contribution < -0.4 is 0 Å². The van der Waals surface area contributed by atoms with E-state index < -0.39 is 7.60 Å². The molecule has 1 aliphatic rings. The van der Waals surface area contributed by atoms with Crippen LogP contribution in [0, 0.1) is 5.92 Å². The van der Waals surface area contributed by atoms with Crippen LogP contribution >= 0.6 is 7.60 Å². The molecule has 1 rings (SSSR count). The van der Waals surface area contributed by atoms with E-state index in [1.807, 2.05) is 0 Å². The smallest absolute Gasteiger partial charge is 0.312 e. The Morgan fingerprint density at radius 2 is 1.62 bits per heavy atom. The van der Waals surface area contributed by atoms with Crippen LogP contribution in [0.2, 0.25) is 0 Å². The average molecular weight is 248 g/mol. The van der Waals surface area contributed by atoms with Crippen LogP contribution in [0.3, 0.4) is 0 Å². The van der Waals surface area contributed by atoms with Crippen LogP contribution in [0.25, 0.3) is 0 Å². The summed E-state index contributed by atoms with van der Waals surface area (Å²) in [5, 5.41) is 0. The molecule has 1 fully saturated rings. The SMILES string of the molecule is COP(=O)(CC(=O)C1CCCCCC1)OC. The Bertz CT molecular complexity index is 261. The average Bonchev–Trinajstić information content (AvgIpc) is 2.57. The maximum atomic E-state index is 12.0. The third kappa shape index (κ3) is 4.00. The maximum absolute atomic E-state index is 12.0. The van der Waals surface area contributed by atoms with Crippen molar-refractivity contribution in [3.8, 4) is 0 Å². The third-order valence-corrected chi connectivity index (χ3v) is 5.03. The summed E-state index contributed by atoms with van der Waals surface area (Å²) in [4.78, 5) is 12.0. The molecule has 1 saturated carbocycles. The summed E-state index contributed by atoms with van der Waals surface area (Å²) >= 11 is 0. The van der Waals surface area contributed by atoms with E-state index >= 15 is 0 Å². The Balaban J connectivity index is 2.53. The van der Waals surface area contributed by atoms with E-state index in [0.717, 1.165) is 25.7 Å². The van der Waals surface area contributed by atoms with Crippen LogP contribution in [0.4, 0.5) is 0 Å². The molecule has 0 unspecified atom stereocenters. The molecule has 0 aromatic carbocycles. The van der Waals surface area contributed by atoms with Crippen LogP contribution in [-0.2, 0) is 18.4 Å². The molecule has 0 aromatic heterocycles. The number of rotatable bonds is 5. The number of carbonyl (C=O) groups excluding carboxylic acids is 1. The zero-order chi connectivity index (χ0) is 12.0. The molecule has 5 heteroatoms. The lowest BCUT2D eigenvalue weighted by molar-refractivity contribution is -0.121. The second-order valence-electron chi connectivity index (χ2n) is 4.29. The summed E-state index contributed by atoms with van der Waals surface area (Å²) < 4.78 is 21.4. The Morgan fingerprint density at radius 1 is 1.12 bits per heavy atom. The Labute approximate surface area is 97.2 Å². The van der Waals surface area contributed by atoms with Gasteiger partial charge in [-0.05, 0) is 12.8 Å². The van der Waals surface area contributed by atoms with Crippen LogP contribution in [-0.4, -0.2) is 26.2 Å². The summed E-state index contributed by atoms with van der Waals surface area (Å²) in [5.74, 6) is 0.0926. The summed E-state index contributed by atoms with van der Waals surface area (Å²) in [7, 11) is -0.520. The Hall–Kier alpha value is -0.180. The monoisotopic (exact) mass is 248 g/mol. The van der Waals surface area contributed by atoms with Crippen LogP contribution in [0.15, 0.2) is 0 Å². The number of ketones is 1.